The molecule has 0 aromatic heterocycles. The monoisotopic (exact) mass is 242 g/mol. The Kier molecular flexibility index (Phi) is 3.93. The van der Waals surface area contributed by atoms with Crippen molar-refractivity contribution in [3.05, 3.63) is 0 Å². The van der Waals surface area contributed by atoms with Gasteiger partial charge in [-0.25, -0.2) is 9.59 Å². The third-order valence-electron chi connectivity index (χ3n) is 2.91. The smallest absolute Gasteiger partial charge is 0.325 e. The molecule has 1 aliphatic rings. The van der Waals surface area contributed by atoms with Crippen molar-refractivity contribution in [1.82, 2.24) is 15.5 Å². The maximum Gasteiger partial charge on any atom is 0.325 e. The Bertz CT molecular complexity index is 344. The molecule has 1 heterocycles. The normalized spacial score (nSPS) is 23.8. The van der Waals surface area contributed by atoms with Crippen LogP contribution < -0.4 is 16.4 Å². The van der Waals surface area contributed by atoms with Gasteiger partial charge in [-0.15, -0.1) is 0 Å². The van der Waals surface area contributed by atoms with Gasteiger partial charge in [-0.1, -0.05) is 6.92 Å². The summed E-state index contributed by atoms with van der Waals surface area (Å²) >= 11 is 0. The predicted molar refractivity (Wildman–Crippen MR) is 61.1 cm³/mol. The molecule has 0 aromatic rings. The number of carbonyl (C=O) groups is 3. The Morgan fingerprint density at radius 2 is 2.18 bits per heavy atom. The topological polar surface area (TPSA) is 105 Å². The lowest BCUT2D eigenvalue weighted by Crippen LogP contribution is -2.43. The summed E-state index contributed by atoms with van der Waals surface area (Å²) in [5.41, 5.74) is 4.10. The molecule has 1 unspecified atom stereocenters. The number of nitrogens with two attached hydrogens (primary N) is 1. The molecule has 96 valence electrons. The molecule has 1 aliphatic heterocycles. The lowest BCUT2D eigenvalue weighted by Gasteiger charge is -2.19. The van der Waals surface area contributed by atoms with Gasteiger partial charge >= 0.3 is 12.1 Å². The van der Waals surface area contributed by atoms with Crippen molar-refractivity contribution in [2.45, 2.75) is 32.2 Å². The van der Waals surface area contributed by atoms with Crippen molar-refractivity contribution in [2.24, 2.45) is 5.73 Å². The van der Waals surface area contributed by atoms with E-state index in [1.54, 1.807) is 6.92 Å². The van der Waals surface area contributed by atoms with Crippen LogP contribution in [0, 0.1) is 0 Å². The third kappa shape index (κ3) is 2.86. The third-order valence-corrected chi connectivity index (χ3v) is 2.91. The van der Waals surface area contributed by atoms with Gasteiger partial charge in [0.05, 0.1) is 0 Å². The Morgan fingerprint density at radius 3 is 2.65 bits per heavy atom. The van der Waals surface area contributed by atoms with Gasteiger partial charge in [-0.3, -0.25) is 9.69 Å². The number of imide groups is 1. The number of nitrogens with one attached hydrogen (secondary N) is 2. The van der Waals surface area contributed by atoms with Crippen LogP contribution in [0.3, 0.4) is 0 Å². The van der Waals surface area contributed by atoms with E-state index in [2.05, 4.69) is 10.6 Å². The van der Waals surface area contributed by atoms with Crippen LogP contribution in [0.5, 0.6) is 0 Å². The summed E-state index contributed by atoms with van der Waals surface area (Å²) < 4.78 is 0. The van der Waals surface area contributed by atoms with Gasteiger partial charge in [0.2, 0.25) is 0 Å². The SMILES string of the molecule is CCC1(C)NC(=O)N(CCCNC(N)=O)C1=O. The summed E-state index contributed by atoms with van der Waals surface area (Å²) in [6, 6.07) is -0.987. The van der Waals surface area contributed by atoms with E-state index >= 15 is 0 Å². The number of amides is 5. The first-order valence-corrected chi connectivity index (χ1v) is 5.58. The average Bonchev–Trinajstić information content (AvgIpc) is 2.47. The molecule has 0 spiro atoms. The zero-order chi connectivity index (χ0) is 13.1. The fourth-order valence-electron chi connectivity index (χ4n) is 1.64. The van der Waals surface area contributed by atoms with Gasteiger partial charge in [0.25, 0.3) is 5.91 Å². The Hall–Kier alpha value is -1.79. The quantitative estimate of drug-likeness (QED) is 0.458. The molecule has 17 heavy (non-hydrogen) atoms. The summed E-state index contributed by atoms with van der Waals surface area (Å²) in [4.78, 5) is 35.1. The lowest BCUT2D eigenvalue weighted by molar-refractivity contribution is -0.130. The van der Waals surface area contributed by atoms with Gasteiger partial charge in [0.15, 0.2) is 0 Å². The first-order valence-electron chi connectivity index (χ1n) is 5.58. The van der Waals surface area contributed by atoms with Gasteiger partial charge in [0.1, 0.15) is 5.54 Å². The highest BCUT2D eigenvalue weighted by atomic mass is 16.2. The Morgan fingerprint density at radius 1 is 1.53 bits per heavy atom. The number of hydrogen-bond donors (Lipinski definition) is 3. The first-order chi connectivity index (χ1) is 7.90. The van der Waals surface area contributed by atoms with Crippen molar-refractivity contribution in [3.63, 3.8) is 0 Å². The molecule has 1 atom stereocenters. The second kappa shape index (κ2) is 5.03. The fourth-order valence-corrected chi connectivity index (χ4v) is 1.64. The first kappa shape index (κ1) is 13.3. The van der Waals surface area contributed by atoms with Gasteiger partial charge in [0, 0.05) is 13.1 Å². The minimum atomic E-state index is -0.797. The Labute approximate surface area is 99.7 Å². The maximum atomic E-state index is 11.9. The minimum absolute atomic E-state index is 0.218. The van der Waals surface area contributed by atoms with E-state index in [0.717, 1.165) is 0 Å². The summed E-state index contributed by atoms with van der Waals surface area (Å²) in [5.74, 6) is -0.218. The highest BCUT2D eigenvalue weighted by molar-refractivity contribution is 6.06. The van der Waals surface area contributed by atoms with Crippen LogP contribution in [0.15, 0.2) is 0 Å². The number of carbonyl (C=O) groups excluding carboxylic acids is 3. The molecule has 1 fully saturated rings. The van der Waals surface area contributed by atoms with Gasteiger partial charge in [-0.2, -0.15) is 0 Å². The molecule has 0 radical (unpaired) electrons. The molecule has 5 amide bonds. The second-order valence-electron chi connectivity index (χ2n) is 4.22. The van der Waals surface area contributed by atoms with Crippen molar-refractivity contribution in [3.8, 4) is 0 Å². The molecule has 0 aliphatic carbocycles. The van der Waals surface area contributed by atoms with E-state index in [0.29, 0.717) is 19.4 Å². The number of urea groups is 2. The van der Waals surface area contributed by atoms with E-state index < -0.39 is 11.6 Å². The van der Waals surface area contributed by atoms with E-state index in [4.69, 9.17) is 5.73 Å². The summed E-state index contributed by atoms with van der Waals surface area (Å²) in [5, 5.41) is 5.06. The number of rotatable bonds is 5. The van der Waals surface area contributed by atoms with Crippen LogP contribution in [0.1, 0.15) is 26.7 Å². The highest BCUT2D eigenvalue weighted by Crippen LogP contribution is 2.20. The fraction of sp³-hybridized carbons (Fsp3) is 0.700. The molecular formula is C10H18N4O3. The van der Waals surface area contributed by atoms with E-state index in [-0.39, 0.29) is 18.5 Å². The molecular weight excluding hydrogens is 224 g/mol. The standard InChI is InChI=1S/C10H18N4O3/c1-3-10(2)7(15)14(9(17)13-10)6-4-5-12-8(11)16/h3-6H2,1-2H3,(H,13,17)(H3,11,12,16). The highest BCUT2D eigenvalue weighted by Gasteiger charge is 2.45. The average molecular weight is 242 g/mol. The molecule has 7 nitrogen and oxygen atoms in total. The number of nitrogens with zero attached hydrogens (tertiary/aromatic N) is 1. The van der Waals surface area contributed by atoms with Crippen LogP contribution in [0.4, 0.5) is 9.59 Å². The minimum Gasteiger partial charge on any atom is -0.352 e. The summed E-state index contributed by atoms with van der Waals surface area (Å²) in [6.07, 6.45) is 1.04. The predicted octanol–water partition coefficient (Wildman–Crippen LogP) is -0.235. The van der Waals surface area contributed by atoms with E-state index in [9.17, 15) is 14.4 Å². The number of hydrogen-bond acceptors (Lipinski definition) is 3. The largest absolute Gasteiger partial charge is 0.352 e. The van der Waals surface area contributed by atoms with Gasteiger partial charge < -0.3 is 16.4 Å². The van der Waals surface area contributed by atoms with Crippen molar-refractivity contribution in [1.29, 1.82) is 0 Å². The van der Waals surface area contributed by atoms with Crippen LogP contribution in [0.2, 0.25) is 0 Å². The lowest BCUT2D eigenvalue weighted by atomic mass is 9.99. The van der Waals surface area contributed by atoms with Crippen molar-refractivity contribution in [2.75, 3.05) is 13.1 Å². The zero-order valence-corrected chi connectivity index (χ0v) is 10.1. The maximum absolute atomic E-state index is 11.9. The molecule has 0 saturated carbocycles. The second-order valence-corrected chi connectivity index (χ2v) is 4.22. The van der Waals surface area contributed by atoms with Crippen LogP contribution >= 0.6 is 0 Å². The number of primary amides is 1. The molecule has 7 heteroatoms. The van der Waals surface area contributed by atoms with Gasteiger partial charge in [-0.05, 0) is 19.8 Å². The van der Waals surface area contributed by atoms with E-state index in [1.165, 1.54) is 4.90 Å². The van der Waals surface area contributed by atoms with E-state index in [1.807, 2.05) is 6.92 Å². The van der Waals surface area contributed by atoms with Crippen molar-refractivity contribution < 1.29 is 14.4 Å². The summed E-state index contributed by atoms with van der Waals surface area (Å²) in [7, 11) is 0. The zero-order valence-electron chi connectivity index (χ0n) is 10.1. The van der Waals surface area contributed by atoms with Crippen molar-refractivity contribution >= 4 is 18.0 Å². The molecule has 1 saturated heterocycles. The van der Waals surface area contributed by atoms with Crippen LogP contribution in [-0.2, 0) is 4.79 Å². The molecule has 1 rings (SSSR count). The molecule has 4 N–H and O–H groups in total. The Balaban J connectivity index is 2.47. The molecule has 0 bridgehead atoms. The molecule has 0 aromatic carbocycles. The van der Waals surface area contributed by atoms with Crippen LogP contribution in [0.25, 0.3) is 0 Å². The summed E-state index contributed by atoms with van der Waals surface area (Å²) in [6.45, 7) is 4.17. The van der Waals surface area contributed by atoms with Crippen LogP contribution in [-0.4, -0.2) is 41.5 Å².